The molecule has 0 saturated carbocycles. The summed E-state index contributed by atoms with van der Waals surface area (Å²) in [7, 11) is 0. The first-order valence-corrected chi connectivity index (χ1v) is 19.4. The zero-order chi connectivity index (χ0) is 38.3. The molecule has 0 unspecified atom stereocenters. The lowest BCUT2D eigenvalue weighted by Gasteiger charge is -2.12. The van der Waals surface area contributed by atoms with Crippen molar-refractivity contribution in [1.82, 2.24) is 0 Å². The molecule has 0 aliphatic heterocycles. The average molecular weight is 731 g/mol. The molecule has 0 aliphatic carbocycles. The third-order valence-corrected chi connectivity index (χ3v) is 11.0. The minimum Gasteiger partial charge on any atom is -0.456 e. The molecule has 2 aromatic heterocycles. The van der Waals surface area contributed by atoms with Gasteiger partial charge in [0, 0.05) is 27.6 Å². The Morgan fingerprint density at radius 3 is 1.72 bits per heavy atom. The summed E-state index contributed by atoms with van der Waals surface area (Å²) >= 11 is 0. The van der Waals surface area contributed by atoms with Crippen LogP contribution >= 0.6 is 0 Å². The van der Waals surface area contributed by atoms with Crippen LogP contribution in [-0.4, -0.2) is 0 Å². The minimum atomic E-state index is 0.812. The van der Waals surface area contributed by atoms with E-state index in [-0.39, 0.29) is 0 Å². The van der Waals surface area contributed by atoms with E-state index < -0.39 is 0 Å². The second-order valence-electron chi connectivity index (χ2n) is 14.5. The molecule has 2 nitrogen and oxygen atoms in total. The van der Waals surface area contributed by atoms with Gasteiger partial charge in [0.1, 0.15) is 22.3 Å². The lowest BCUT2D eigenvalue weighted by atomic mass is 9.91. The zero-order valence-electron chi connectivity index (χ0n) is 31.6. The Bertz CT molecular complexity index is 3320. The summed E-state index contributed by atoms with van der Waals surface area (Å²) in [5.74, 6) is 0. The summed E-state index contributed by atoms with van der Waals surface area (Å²) < 4.78 is 12.9. The van der Waals surface area contributed by atoms with Crippen LogP contribution in [0.3, 0.4) is 0 Å². The fraction of sp³-hybridized carbons (Fsp3) is 0.0182. The number of fused-ring (bicyclic) bond motifs is 9. The molecule has 0 saturated heterocycles. The van der Waals surface area contributed by atoms with Crippen LogP contribution in [-0.2, 0) is 0 Å². The van der Waals surface area contributed by atoms with Gasteiger partial charge >= 0.3 is 0 Å². The summed E-state index contributed by atoms with van der Waals surface area (Å²) in [6, 6.07) is 52.5. The topological polar surface area (TPSA) is 26.3 Å². The predicted molar refractivity (Wildman–Crippen MR) is 245 cm³/mol. The summed E-state index contributed by atoms with van der Waals surface area (Å²) in [4.78, 5) is 0. The maximum absolute atomic E-state index is 6.44. The first-order valence-electron chi connectivity index (χ1n) is 19.4. The molecule has 10 aromatic rings. The molecule has 0 radical (unpaired) electrons. The average Bonchev–Trinajstić information content (AvgIpc) is 3.80. The molecular weight excluding hydrogens is 693 g/mol. The quantitative estimate of drug-likeness (QED) is 0.115. The molecule has 8 aromatic carbocycles. The summed E-state index contributed by atoms with van der Waals surface area (Å²) in [6.07, 6.45) is 18.2. The van der Waals surface area contributed by atoms with Gasteiger partial charge in [0.2, 0.25) is 0 Å². The van der Waals surface area contributed by atoms with Crippen LogP contribution in [0, 0.1) is 0 Å². The molecule has 0 bridgehead atoms. The van der Waals surface area contributed by atoms with Gasteiger partial charge in [0.25, 0.3) is 0 Å². The Morgan fingerprint density at radius 1 is 0.386 bits per heavy atom. The van der Waals surface area contributed by atoms with Crippen LogP contribution < -0.4 is 0 Å². The standard InChI is InChI=1S/C55H38O2/c1-3-5-7-9-15-36-23-24-39(29-37(36)16-8-6-4-2)41-26-28-53-49(32-41)51-34-50-48-31-40(25-27-52(48)56-54(50)35-55(51)57-53)38-18-14-19-42(30-38)47-33-43-17-10-11-20-44(43)45-21-12-13-22-46(45)47/h3-35H,1H2,2H3/b6-4-,7-5+,15-9+,16-8-. The third-order valence-electron chi connectivity index (χ3n) is 11.0. The second kappa shape index (κ2) is 14.3. The number of furan rings is 2. The largest absolute Gasteiger partial charge is 0.456 e. The van der Waals surface area contributed by atoms with Gasteiger partial charge in [0.15, 0.2) is 0 Å². The number of rotatable bonds is 8. The Balaban J connectivity index is 1.06. The van der Waals surface area contributed by atoms with Gasteiger partial charge in [-0.25, -0.2) is 0 Å². The Hall–Kier alpha value is -7.42. The second-order valence-corrected chi connectivity index (χ2v) is 14.5. The Morgan fingerprint density at radius 2 is 0.982 bits per heavy atom. The van der Waals surface area contributed by atoms with Gasteiger partial charge in [-0.1, -0.05) is 152 Å². The van der Waals surface area contributed by atoms with Gasteiger partial charge < -0.3 is 8.83 Å². The first-order chi connectivity index (χ1) is 28.1. The van der Waals surface area contributed by atoms with Crippen molar-refractivity contribution in [2.45, 2.75) is 6.92 Å². The van der Waals surface area contributed by atoms with E-state index in [4.69, 9.17) is 8.83 Å². The van der Waals surface area contributed by atoms with E-state index in [0.717, 1.165) is 77.3 Å². The molecule has 270 valence electrons. The van der Waals surface area contributed by atoms with Gasteiger partial charge in [0.05, 0.1) is 0 Å². The fourth-order valence-electron chi connectivity index (χ4n) is 8.19. The van der Waals surface area contributed by atoms with Crippen molar-refractivity contribution in [3.8, 4) is 33.4 Å². The fourth-order valence-corrected chi connectivity index (χ4v) is 8.19. The maximum Gasteiger partial charge on any atom is 0.139 e. The smallest absolute Gasteiger partial charge is 0.139 e. The van der Waals surface area contributed by atoms with Crippen molar-refractivity contribution >= 4 is 77.6 Å². The van der Waals surface area contributed by atoms with Crippen LogP contribution in [0.4, 0.5) is 0 Å². The summed E-state index contributed by atoms with van der Waals surface area (Å²) in [5, 5.41) is 9.35. The van der Waals surface area contributed by atoms with Crippen LogP contribution in [0.1, 0.15) is 18.1 Å². The Kier molecular flexibility index (Phi) is 8.58. The van der Waals surface area contributed by atoms with E-state index in [1.54, 1.807) is 6.08 Å². The summed E-state index contributed by atoms with van der Waals surface area (Å²) in [6.45, 7) is 5.80. The first kappa shape index (κ1) is 34.1. The van der Waals surface area contributed by atoms with E-state index in [2.05, 4.69) is 170 Å². The van der Waals surface area contributed by atoms with Crippen molar-refractivity contribution in [3.05, 3.63) is 206 Å². The van der Waals surface area contributed by atoms with Crippen LogP contribution in [0.5, 0.6) is 0 Å². The maximum atomic E-state index is 6.44. The third kappa shape index (κ3) is 6.18. The number of allylic oxidation sites excluding steroid dienone is 7. The van der Waals surface area contributed by atoms with Crippen molar-refractivity contribution in [2.24, 2.45) is 0 Å². The van der Waals surface area contributed by atoms with Crippen LogP contribution in [0.2, 0.25) is 0 Å². The molecule has 0 amide bonds. The number of hydrogen-bond donors (Lipinski definition) is 0. The highest BCUT2D eigenvalue weighted by Crippen LogP contribution is 2.41. The monoisotopic (exact) mass is 730 g/mol. The molecule has 0 fully saturated rings. The van der Waals surface area contributed by atoms with Gasteiger partial charge in [-0.05, 0) is 122 Å². The van der Waals surface area contributed by atoms with Crippen LogP contribution in [0.15, 0.2) is 204 Å². The highest BCUT2D eigenvalue weighted by atomic mass is 16.3. The molecule has 2 heterocycles. The lowest BCUT2D eigenvalue weighted by Crippen LogP contribution is -1.86. The van der Waals surface area contributed by atoms with Gasteiger partial charge in [-0.3, -0.25) is 0 Å². The number of hydrogen-bond acceptors (Lipinski definition) is 2. The summed E-state index contributed by atoms with van der Waals surface area (Å²) in [5.41, 5.74) is 12.6. The van der Waals surface area contributed by atoms with Crippen molar-refractivity contribution in [3.63, 3.8) is 0 Å². The molecule has 2 heteroatoms. The van der Waals surface area contributed by atoms with Crippen molar-refractivity contribution in [2.75, 3.05) is 0 Å². The highest BCUT2D eigenvalue weighted by Gasteiger charge is 2.16. The van der Waals surface area contributed by atoms with E-state index in [1.165, 1.54) is 32.7 Å². The van der Waals surface area contributed by atoms with E-state index in [1.807, 2.05) is 37.3 Å². The van der Waals surface area contributed by atoms with Gasteiger partial charge in [-0.2, -0.15) is 0 Å². The predicted octanol–water partition coefficient (Wildman–Crippen LogP) is 16.1. The zero-order valence-corrected chi connectivity index (χ0v) is 31.6. The van der Waals surface area contributed by atoms with Crippen LogP contribution in [0.25, 0.3) is 111 Å². The van der Waals surface area contributed by atoms with E-state index in [0.29, 0.717) is 0 Å². The normalized spacial score (nSPS) is 12.4. The SMILES string of the molecule is C=C/C=C/C=C/c1ccc(-c2ccc3oc4cc5oc6ccc(-c7cccc(-c8cc9ccccc9c9ccccc89)c7)cc6c5cc4c3c2)cc1/C=C\C=C/C. The van der Waals surface area contributed by atoms with E-state index in [9.17, 15) is 0 Å². The van der Waals surface area contributed by atoms with Crippen molar-refractivity contribution < 1.29 is 8.83 Å². The molecule has 0 aliphatic rings. The minimum absolute atomic E-state index is 0.812. The molecule has 10 rings (SSSR count). The lowest BCUT2D eigenvalue weighted by molar-refractivity contribution is 0.656. The molecule has 57 heavy (non-hydrogen) atoms. The van der Waals surface area contributed by atoms with Gasteiger partial charge in [-0.15, -0.1) is 0 Å². The van der Waals surface area contributed by atoms with E-state index >= 15 is 0 Å². The number of benzene rings is 8. The highest BCUT2D eigenvalue weighted by molar-refractivity contribution is 6.17. The molecular formula is C55H38O2. The Labute approximate surface area is 331 Å². The van der Waals surface area contributed by atoms with Crippen molar-refractivity contribution in [1.29, 1.82) is 0 Å². The molecule has 0 atom stereocenters. The molecule has 0 spiro atoms. The molecule has 0 N–H and O–H groups in total.